The predicted octanol–water partition coefficient (Wildman–Crippen LogP) is 5.62. The average molecular weight is 540 g/mol. The first-order valence-electron chi connectivity index (χ1n) is 14.1. The lowest BCUT2D eigenvalue weighted by Gasteiger charge is -2.49. The summed E-state index contributed by atoms with van der Waals surface area (Å²) in [7, 11) is 0. The van der Waals surface area contributed by atoms with Crippen LogP contribution in [0, 0.1) is 5.92 Å². The third-order valence-electron chi connectivity index (χ3n) is 9.62. The smallest absolute Gasteiger partial charge is 0.363 e. The molecule has 1 aliphatic carbocycles. The van der Waals surface area contributed by atoms with Crippen LogP contribution in [0.5, 0.6) is 0 Å². The van der Waals surface area contributed by atoms with E-state index in [-0.39, 0.29) is 29.8 Å². The van der Waals surface area contributed by atoms with Crippen molar-refractivity contribution in [2.24, 2.45) is 5.92 Å². The fourth-order valence-electron chi connectivity index (χ4n) is 7.12. The molecule has 2 atom stereocenters. The second-order valence-electron chi connectivity index (χ2n) is 12.0. The van der Waals surface area contributed by atoms with Crippen molar-refractivity contribution in [2.75, 3.05) is 26.2 Å². The molecule has 8 heteroatoms. The van der Waals surface area contributed by atoms with E-state index in [0.29, 0.717) is 37.3 Å². The van der Waals surface area contributed by atoms with Crippen LogP contribution in [0.25, 0.3) is 6.08 Å². The summed E-state index contributed by atoms with van der Waals surface area (Å²) in [4.78, 5) is 22.2. The number of benzene rings is 1. The van der Waals surface area contributed by atoms with Gasteiger partial charge < -0.3 is 9.64 Å². The SMILES string of the molecule is CC(C)C1(C(=O)N2CCc3ncc(C(F)(F)F)cc3C2)CC[C@@H](N2CCC3(C=Cc4ccccc43)CC2)CO1. The first kappa shape index (κ1) is 26.5. The van der Waals surface area contributed by atoms with Crippen LogP contribution >= 0.6 is 0 Å². The van der Waals surface area contributed by atoms with Gasteiger partial charge in [0.1, 0.15) is 5.60 Å². The number of allylic oxidation sites excluding steroid dienone is 1. The Bertz CT molecular complexity index is 1270. The molecule has 2 aromatic rings. The maximum atomic E-state index is 13.9. The highest BCUT2D eigenvalue weighted by atomic mass is 19.4. The molecule has 5 nitrogen and oxygen atoms in total. The van der Waals surface area contributed by atoms with E-state index < -0.39 is 17.3 Å². The summed E-state index contributed by atoms with van der Waals surface area (Å²) in [6.07, 6.45) is 5.16. The molecular weight excluding hydrogens is 503 g/mol. The van der Waals surface area contributed by atoms with E-state index in [0.717, 1.165) is 44.6 Å². The van der Waals surface area contributed by atoms with Gasteiger partial charge in [0.15, 0.2) is 0 Å². The Hall–Kier alpha value is -2.71. The van der Waals surface area contributed by atoms with Gasteiger partial charge in [0.2, 0.25) is 0 Å². The van der Waals surface area contributed by atoms with E-state index in [4.69, 9.17) is 4.74 Å². The molecule has 1 aromatic heterocycles. The molecule has 3 aliphatic heterocycles. The molecule has 4 heterocycles. The van der Waals surface area contributed by atoms with Crippen LogP contribution in [0.4, 0.5) is 13.2 Å². The number of piperidine rings is 1. The fourth-order valence-corrected chi connectivity index (χ4v) is 7.12. The summed E-state index contributed by atoms with van der Waals surface area (Å²) in [5.41, 5.74) is 2.29. The molecule has 208 valence electrons. The van der Waals surface area contributed by atoms with E-state index >= 15 is 0 Å². The Kier molecular flexibility index (Phi) is 6.62. The number of hydrogen-bond donors (Lipinski definition) is 0. The van der Waals surface area contributed by atoms with Gasteiger partial charge in [0.05, 0.1) is 12.2 Å². The van der Waals surface area contributed by atoms with Gasteiger partial charge in [-0.15, -0.1) is 0 Å². The van der Waals surface area contributed by atoms with E-state index in [1.807, 2.05) is 13.8 Å². The molecule has 1 aromatic carbocycles. The number of fused-ring (bicyclic) bond motifs is 3. The molecule has 6 rings (SSSR count). The second-order valence-corrected chi connectivity index (χ2v) is 12.0. The highest BCUT2D eigenvalue weighted by Gasteiger charge is 2.50. The van der Waals surface area contributed by atoms with Crippen molar-refractivity contribution in [1.29, 1.82) is 0 Å². The molecule has 1 unspecified atom stereocenters. The number of aromatic nitrogens is 1. The molecule has 39 heavy (non-hydrogen) atoms. The largest absolute Gasteiger partial charge is 0.417 e. The van der Waals surface area contributed by atoms with Crippen LogP contribution in [0.2, 0.25) is 0 Å². The zero-order chi connectivity index (χ0) is 27.4. The van der Waals surface area contributed by atoms with Gasteiger partial charge in [-0.1, -0.05) is 50.3 Å². The molecule has 0 N–H and O–H groups in total. The third-order valence-corrected chi connectivity index (χ3v) is 9.62. The Balaban J connectivity index is 1.11. The number of rotatable bonds is 3. The number of alkyl halides is 3. The van der Waals surface area contributed by atoms with Gasteiger partial charge in [0.25, 0.3) is 5.91 Å². The van der Waals surface area contributed by atoms with E-state index in [2.05, 4.69) is 46.3 Å². The Labute approximate surface area is 228 Å². The molecule has 4 aliphatic rings. The first-order chi connectivity index (χ1) is 18.6. The maximum Gasteiger partial charge on any atom is 0.417 e. The van der Waals surface area contributed by atoms with Crippen LogP contribution in [0.1, 0.15) is 67.5 Å². The summed E-state index contributed by atoms with van der Waals surface area (Å²) in [5.74, 6) is -0.152. The van der Waals surface area contributed by atoms with Crippen molar-refractivity contribution < 1.29 is 22.7 Å². The van der Waals surface area contributed by atoms with Gasteiger partial charge in [-0.05, 0) is 67.4 Å². The van der Waals surface area contributed by atoms with E-state index in [9.17, 15) is 18.0 Å². The Morgan fingerprint density at radius 2 is 1.90 bits per heavy atom. The molecule has 2 fully saturated rings. The van der Waals surface area contributed by atoms with Gasteiger partial charge in [-0.3, -0.25) is 14.7 Å². The van der Waals surface area contributed by atoms with Gasteiger partial charge in [0, 0.05) is 42.9 Å². The Morgan fingerprint density at radius 1 is 1.13 bits per heavy atom. The van der Waals surface area contributed by atoms with Gasteiger partial charge in [-0.2, -0.15) is 13.2 Å². The number of carbonyl (C=O) groups is 1. The number of carbonyl (C=O) groups excluding carboxylic acids is 1. The predicted molar refractivity (Wildman–Crippen MR) is 143 cm³/mol. The standard InChI is InChI=1S/C31H36F3N3O2/c1-21(2)30(28(38)37-14-9-27-23(19-37)17-24(18-35-27)31(32,33)34)11-8-25(20-39-30)36-15-12-29(13-16-36)10-7-22-5-3-4-6-26(22)29/h3-7,10,17-18,21,25H,8-9,11-16,19-20H2,1-2H3/t25-,30?/m1/s1. The molecule has 1 spiro atoms. The van der Waals surface area contributed by atoms with Crippen molar-refractivity contribution >= 4 is 12.0 Å². The highest BCUT2D eigenvalue weighted by Crippen LogP contribution is 2.45. The minimum absolute atomic E-state index is 0.0447. The maximum absolute atomic E-state index is 13.9. The number of halogens is 3. The minimum atomic E-state index is -4.46. The number of amides is 1. The molecule has 2 saturated heterocycles. The van der Waals surface area contributed by atoms with Crippen LogP contribution in [-0.4, -0.2) is 58.6 Å². The fraction of sp³-hybridized carbons (Fsp3) is 0.548. The van der Waals surface area contributed by atoms with Crippen molar-refractivity contribution in [3.8, 4) is 0 Å². The van der Waals surface area contributed by atoms with E-state index in [1.54, 1.807) is 4.90 Å². The lowest BCUT2D eigenvalue weighted by atomic mass is 9.74. The molecule has 0 radical (unpaired) electrons. The monoisotopic (exact) mass is 539 g/mol. The molecule has 0 saturated carbocycles. The summed E-state index contributed by atoms with van der Waals surface area (Å²) in [6.45, 7) is 7.07. The van der Waals surface area contributed by atoms with Crippen LogP contribution in [0.3, 0.4) is 0 Å². The summed E-state index contributed by atoms with van der Waals surface area (Å²) in [6, 6.07) is 10.1. The summed E-state index contributed by atoms with van der Waals surface area (Å²) in [5, 5.41) is 0. The zero-order valence-corrected chi connectivity index (χ0v) is 22.6. The van der Waals surface area contributed by atoms with Gasteiger partial charge >= 0.3 is 6.18 Å². The second kappa shape index (κ2) is 9.73. The van der Waals surface area contributed by atoms with Crippen LogP contribution in [0.15, 0.2) is 42.6 Å². The van der Waals surface area contributed by atoms with Crippen molar-refractivity contribution in [1.82, 2.24) is 14.8 Å². The minimum Gasteiger partial charge on any atom is -0.363 e. The lowest BCUT2D eigenvalue weighted by molar-refractivity contribution is -0.181. The third kappa shape index (κ3) is 4.59. The number of ether oxygens (including phenoxy) is 1. The number of nitrogens with zero attached hydrogens (tertiary/aromatic N) is 3. The Morgan fingerprint density at radius 3 is 2.59 bits per heavy atom. The van der Waals surface area contributed by atoms with Gasteiger partial charge in [-0.25, -0.2) is 0 Å². The summed E-state index contributed by atoms with van der Waals surface area (Å²) < 4.78 is 46.3. The normalized spacial score (nSPS) is 26.6. The number of pyridine rings is 1. The quantitative estimate of drug-likeness (QED) is 0.508. The highest BCUT2D eigenvalue weighted by molar-refractivity contribution is 5.86. The van der Waals surface area contributed by atoms with Crippen LogP contribution < -0.4 is 0 Å². The number of likely N-dealkylation sites (tertiary alicyclic amines) is 1. The van der Waals surface area contributed by atoms with Crippen molar-refractivity contribution in [3.63, 3.8) is 0 Å². The van der Waals surface area contributed by atoms with Crippen molar-refractivity contribution in [3.05, 3.63) is 70.6 Å². The summed E-state index contributed by atoms with van der Waals surface area (Å²) >= 11 is 0. The molecule has 0 bridgehead atoms. The lowest BCUT2D eigenvalue weighted by Crippen LogP contribution is -2.60. The molecule has 1 amide bonds. The average Bonchev–Trinajstić information content (AvgIpc) is 3.30. The zero-order valence-electron chi connectivity index (χ0n) is 22.6. The first-order valence-corrected chi connectivity index (χ1v) is 14.1. The van der Waals surface area contributed by atoms with Crippen molar-refractivity contribution in [2.45, 2.75) is 75.7 Å². The topological polar surface area (TPSA) is 45.7 Å². The number of hydrogen-bond acceptors (Lipinski definition) is 4. The van der Waals surface area contributed by atoms with Crippen LogP contribution in [-0.2, 0) is 34.1 Å². The van der Waals surface area contributed by atoms with E-state index in [1.165, 1.54) is 11.1 Å². The molecular formula is C31H36F3N3O2.